The monoisotopic (exact) mass is 155 g/mol. The molecule has 0 fully saturated rings. The quantitative estimate of drug-likeness (QED) is 0.415. The van der Waals surface area contributed by atoms with Crippen LogP contribution >= 0.6 is 7.49 Å². The van der Waals surface area contributed by atoms with Crippen molar-refractivity contribution >= 4 is 7.49 Å². The predicted molar refractivity (Wildman–Crippen MR) is 46.3 cm³/mol. The Labute approximate surface area is 62.6 Å². The van der Waals surface area contributed by atoms with Gasteiger partial charge < -0.3 is 0 Å². The van der Waals surface area contributed by atoms with Gasteiger partial charge in [-0.05, 0) is 0 Å². The van der Waals surface area contributed by atoms with Gasteiger partial charge in [0.15, 0.2) is 0 Å². The van der Waals surface area contributed by atoms with Crippen LogP contribution in [0, 0.1) is 12.3 Å². The number of hydrogen-bond donors (Lipinski definition) is 1. The molecule has 0 saturated heterocycles. The van der Waals surface area contributed by atoms with E-state index < -0.39 is 7.49 Å². The summed E-state index contributed by atoms with van der Waals surface area (Å²) in [6.07, 6.45) is 9.92. The van der Waals surface area contributed by atoms with E-state index in [-0.39, 0.29) is 0 Å². The molecule has 10 heavy (non-hydrogen) atoms. The van der Waals surface area contributed by atoms with Gasteiger partial charge in [0.2, 0.25) is 0 Å². The van der Waals surface area contributed by atoms with Crippen molar-refractivity contribution in [3.8, 4) is 12.3 Å². The van der Waals surface area contributed by atoms with Crippen LogP contribution in [-0.4, -0.2) is 23.9 Å². The van der Waals surface area contributed by atoms with E-state index in [1.165, 1.54) is 0 Å². The first-order valence-electron chi connectivity index (χ1n) is 3.37. The second-order valence-electron chi connectivity index (χ2n) is 2.88. The van der Waals surface area contributed by atoms with Crippen molar-refractivity contribution in [2.75, 3.05) is 19.0 Å². The molecule has 1 aliphatic heterocycles. The van der Waals surface area contributed by atoms with Gasteiger partial charge in [-0.25, -0.2) is 0 Å². The van der Waals surface area contributed by atoms with Crippen LogP contribution in [0.5, 0.6) is 0 Å². The van der Waals surface area contributed by atoms with E-state index in [0.717, 1.165) is 24.3 Å². The number of rotatable bonds is 0. The Morgan fingerprint density at radius 3 is 2.90 bits per heavy atom. The highest BCUT2D eigenvalue weighted by Crippen LogP contribution is 2.54. The molecule has 1 rings (SSSR count). The molecule has 1 aliphatic rings. The fraction of sp³-hybridized carbons (Fsp3) is 0.500. The molecule has 0 bridgehead atoms. The van der Waals surface area contributed by atoms with Gasteiger partial charge >= 0.3 is 0 Å². The van der Waals surface area contributed by atoms with Crippen molar-refractivity contribution in [1.82, 2.24) is 0 Å². The van der Waals surface area contributed by atoms with Gasteiger partial charge in [-0.15, -0.1) is 6.42 Å². The third-order valence-electron chi connectivity index (χ3n) is 1.70. The minimum absolute atomic E-state index is 0.753. The summed E-state index contributed by atoms with van der Waals surface area (Å²) in [6, 6.07) is 0. The summed E-state index contributed by atoms with van der Waals surface area (Å²) in [4.78, 5) is 9.65. The molecule has 0 aromatic heterocycles. The van der Waals surface area contributed by atoms with Gasteiger partial charge in [-0.3, -0.25) is 4.89 Å². The van der Waals surface area contributed by atoms with Crippen LogP contribution in [0.2, 0.25) is 0 Å². The molecule has 0 aliphatic carbocycles. The molecule has 0 radical (unpaired) electrons. The Hall–Kier alpha value is -0.310. The van der Waals surface area contributed by atoms with E-state index in [1.807, 2.05) is 6.66 Å². The second-order valence-corrected chi connectivity index (χ2v) is 6.32. The summed E-state index contributed by atoms with van der Waals surface area (Å²) >= 11 is 0. The molecule has 0 amide bonds. The Bertz CT molecular complexity index is 198. The van der Waals surface area contributed by atoms with Gasteiger partial charge in [0, 0.05) is 12.0 Å². The Kier molecular flexibility index (Phi) is 2.14. The maximum atomic E-state index is 9.65. The maximum Gasteiger partial charge on any atom is 0.144 e. The molecule has 1 unspecified atom stereocenters. The van der Waals surface area contributed by atoms with E-state index in [4.69, 9.17) is 6.42 Å². The number of terminal acetylenes is 1. The second kappa shape index (κ2) is 2.74. The van der Waals surface area contributed by atoms with Crippen molar-refractivity contribution in [1.29, 1.82) is 0 Å². The fourth-order valence-corrected chi connectivity index (χ4v) is 2.93. The summed E-state index contributed by atoms with van der Waals surface area (Å²) in [5.41, 5.74) is 0.990. The molecule has 0 aromatic rings. The fourth-order valence-electron chi connectivity index (χ4n) is 1.13. The van der Waals surface area contributed by atoms with Crippen molar-refractivity contribution in [3.63, 3.8) is 0 Å². The Morgan fingerprint density at radius 2 is 2.50 bits per heavy atom. The summed E-state index contributed by atoms with van der Waals surface area (Å²) in [5, 5.41) is 0. The molecule has 1 nitrogen and oxygen atoms in total. The molecule has 0 saturated carbocycles. The summed E-state index contributed by atoms with van der Waals surface area (Å²) in [6.45, 7) is 1.94. The zero-order valence-electron chi connectivity index (χ0n) is 6.17. The number of hydrogen-bond acceptors (Lipinski definition) is 1. The average Bonchev–Trinajstić information content (AvgIpc) is 1.86. The van der Waals surface area contributed by atoms with Crippen molar-refractivity contribution < 1.29 is 4.89 Å². The van der Waals surface area contributed by atoms with E-state index in [9.17, 15) is 4.89 Å². The first-order valence-corrected chi connectivity index (χ1v) is 5.93. The van der Waals surface area contributed by atoms with Crippen molar-refractivity contribution in [2.24, 2.45) is 0 Å². The molecule has 0 aromatic carbocycles. The highest BCUT2D eigenvalue weighted by Gasteiger charge is 2.31. The van der Waals surface area contributed by atoms with Crippen LogP contribution in [0.15, 0.2) is 11.6 Å². The van der Waals surface area contributed by atoms with Gasteiger partial charge in [0.25, 0.3) is 0 Å². The molecule has 1 atom stereocenters. The van der Waals surface area contributed by atoms with Crippen molar-refractivity contribution in [2.45, 2.75) is 6.42 Å². The van der Waals surface area contributed by atoms with Gasteiger partial charge in [-0.1, -0.05) is 12.0 Å². The molecule has 1 heterocycles. The SMILES string of the molecule is C#CC1=CCC[P+](C)(O)C1. The van der Waals surface area contributed by atoms with E-state index >= 15 is 0 Å². The van der Waals surface area contributed by atoms with Gasteiger partial charge in [0.05, 0.1) is 12.8 Å². The molecular formula is C8H12OP+. The highest BCUT2D eigenvalue weighted by atomic mass is 31.2. The van der Waals surface area contributed by atoms with E-state index in [2.05, 4.69) is 12.0 Å². The zero-order chi connectivity index (χ0) is 7.61. The van der Waals surface area contributed by atoms with Gasteiger partial charge in [0.1, 0.15) is 13.7 Å². The van der Waals surface area contributed by atoms with Crippen LogP contribution in [0.3, 0.4) is 0 Å². The molecule has 2 heteroatoms. The third-order valence-corrected chi connectivity index (χ3v) is 3.94. The van der Waals surface area contributed by atoms with Crippen LogP contribution in [0.25, 0.3) is 0 Å². The lowest BCUT2D eigenvalue weighted by Gasteiger charge is -2.18. The maximum absolute atomic E-state index is 9.65. The topological polar surface area (TPSA) is 20.2 Å². The number of allylic oxidation sites excluding steroid dienone is 2. The smallest absolute Gasteiger partial charge is 0.144 e. The van der Waals surface area contributed by atoms with Crippen LogP contribution in [0.1, 0.15) is 6.42 Å². The van der Waals surface area contributed by atoms with Crippen LogP contribution in [-0.2, 0) is 0 Å². The van der Waals surface area contributed by atoms with Gasteiger partial charge in [-0.2, -0.15) is 0 Å². The summed E-state index contributed by atoms with van der Waals surface area (Å²) < 4.78 is 0. The predicted octanol–water partition coefficient (Wildman–Crippen LogP) is 1.50. The largest absolute Gasteiger partial charge is 0.252 e. The molecule has 1 N–H and O–H groups in total. The first-order chi connectivity index (χ1) is 4.64. The lowest BCUT2D eigenvalue weighted by Crippen LogP contribution is -2.07. The first kappa shape index (κ1) is 7.79. The van der Waals surface area contributed by atoms with E-state index in [1.54, 1.807) is 0 Å². The lowest BCUT2D eigenvalue weighted by molar-refractivity contribution is 0.605. The Morgan fingerprint density at radius 1 is 1.80 bits per heavy atom. The van der Waals surface area contributed by atoms with E-state index in [0.29, 0.717) is 0 Å². The molecule has 0 spiro atoms. The minimum atomic E-state index is -1.62. The third kappa shape index (κ3) is 1.84. The standard InChI is InChI=1S/C8H12OP/c1-3-8-5-4-6-10(2,9)7-8/h1,5,9H,4,6-7H2,2H3/q+1. The Balaban J connectivity index is 2.68. The highest BCUT2D eigenvalue weighted by molar-refractivity contribution is 7.69. The minimum Gasteiger partial charge on any atom is -0.252 e. The lowest BCUT2D eigenvalue weighted by atomic mass is 10.2. The van der Waals surface area contributed by atoms with Crippen LogP contribution < -0.4 is 0 Å². The van der Waals surface area contributed by atoms with Crippen molar-refractivity contribution in [3.05, 3.63) is 11.6 Å². The molecule has 54 valence electrons. The van der Waals surface area contributed by atoms with Crippen LogP contribution in [0.4, 0.5) is 0 Å². The average molecular weight is 155 g/mol. The zero-order valence-corrected chi connectivity index (χ0v) is 7.06. The normalized spacial score (nSPS) is 32.7. The summed E-state index contributed by atoms with van der Waals surface area (Å²) in [5.74, 6) is 2.59. The summed E-state index contributed by atoms with van der Waals surface area (Å²) in [7, 11) is -1.62. The molecular weight excluding hydrogens is 143 g/mol.